The van der Waals surface area contributed by atoms with Crippen molar-refractivity contribution < 1.29 is 9.32 Å². The van der Waals surface area contributed by atoms with E-state index in [2.05, 4.69) is 41.2 Å². The lowest BCUT2D eigenvalue weighted by atomic mass is 10.1. The maximum Gasteiger partial charge on any atom is 0.261 e. The summed E-state index contributed by atoms with van der Waals surface area (Å²) in [6.45, 7) is 8.84. The van der Waals surface area contributed by atoms with E-state index in [0.29, 0.717) is 22.9 Å². The molecule has 3 rings (SSSR count). The zero-order chi connectivity index (χ0) is 16.6. The van der Waals surface area contributed by atoms with Gasteiger partial charge in [-0.2, -0.15) is 0 Å². The second kappa shape index (κ2) is 5.91. The van der Waals surface area contributed by atoms with Crippen LogP contribution in [0.25, 0.3) is 10.9 Å². The van der Waals surface area contributed by atoms with Crippen LogP contribution in [0.3, 0.4) is 0 Å². The van der Waals surface area contributed by atoms with E-state index in [1.165, 1.54) is 0 Å². The van der Waals surface area contributed by atoms with Gasteiger partial charge in [-0.1, -0.05) is 25.1 Å². The zero-order valence-electron chi connectivity index (χ0n) is 13.9. The molecule has 0 aliphatic carbocycles. The molecule has 0 bridgehead atoms. The van der Waals surface area contributed by atoms with Gasteiger partial charge in [-0.15, -0.1) is 0 Å². The zero-order valence-corrected chi connectivity index (χ0v) is 13.9. The number of anilines is 1. The predicted molar refractivity (Wildman–Crippen MR) is 90.7 cm³/mol. The van der Waals surface area contributed by atoms with Crippen LogP contribution in [0, 0.1) is 19.8 Å². The number of hydrogen-bond acceptors (Lipinski definition) is 3. The molecular formula is C18H21N3O2. The number of hydrogen-bond donors (Lipinski definition) is 1. The van der Waals surface area contributed by atoms with Crippen LogP contribution in [0.1, 0.15) is 35.7 Å². The summed E-state index contributed by atoms with van der Waals surface area (Å²) < 4.78 is 7.29. The number of carbonyl (C=O) groups is 1. The van der Waals surface area contributed by atoms with Gasteiger partial charge in [0.05, 0.1) is 16.9 Å². The molecule has 0 unspecified atom stereocenters. The minimum Gasteiger partial charge on any atom is -0.361 e. The van der Waals surface area contributed by atoms with Crippen molar-refractivity contribution in [3.8, 4) is 0 Å². The van der Waals surface area contributed by atoms with Gasteiger partial charge < -0.3 is 14.4 Å². The largest absolute Gasteiger partial charge is 0.361 e. The quantitative estimate of drug-likeness (QED) is 0.787. The van der Waals surface area contributed by atoms with E-state index in [0.717, 1.165) is 23.1 Å². The van der Waals surface area contributed by atoms with Crippen LogP contribution < -0.4 is 5.32 Å². The van der Waals surface area contributed by atoms with Crippen molar-refractivity contribution in [2.24, 2.45) is 5.92 Å². The van der Waals surface area contributed by atoms with E-state index < -0.39 is 0 Å². The van der Waals surface area contributed by atoms with Gasteiger partial charge in [0, 0.05) is 18.1 Å². The summed E-state index contributed by atoms with van der Waals surface area (Å²) in [7, 11) is 0. The number of aryl methyl sites for hydroxylation is 2. The third kappa shape index (κ3) is 2.86. The topological polar surface area (TPSA) is 60.1 Å². The summed E-state index contributed by atoms with van der Waals surface area (Å²) in [4.78, 5) is 12.5. The number of carbonyl (C=O) groups excluding carboxylic acids is 1. The van der Waals surface area contributed by atoms with Crippen molar-refractivity contribution in [1.82, 2.24) is 9.72 Å². The number of rotatable bonds is 4. The van der Waals surface area contributed by atoms with Crippen LogP contribution >= 0.6 is 0 Å². The summed E-state index contributed by atoms with van der Waals surface area (Å²) in [5.74, 6) is 0.904. The third-order valence-corrected chi connectivity index (χ3v) is 3.88. The highest BCUT2D eigenvalue weighted by atomic mass is 16.5. The molecule has 0 fully saturated rings. The number of benzene rings is 1. The summed E-state index contributed by atoms with van der Waals surface area (Å²) in [5.41, 5.74) is 3.03. The molecule has 0 atom stereocenters. The van der Waals surface area contributed by atoms with Crippen molar-refractivity contribution in [3.63, 3.8) is 0 Å². The lowest BCUT2D eigenvalue weighted by molar-refractivity contribution is 0.102. The Labute approximate surface area is 135 Å². The van der Waals surface area contributed by atoms with Crippen molar-refractivity contribution >= 4 is 22.5 Å². The fourth-order valence-corrected chi connectivity index (χ4v) is 2.88. The van der Waals surface area contributed by atoms with Gasteiger partial charge in [-0.3, -0.25) is 4.79 Å². The Morgan fingerprint density at radius 1 is 1.30 bits per heavy atom. The lowest BCUT2D eigenvalue weighted by Gasteiger charge is -2.10. The van der Waals surface area contributed by atoms with Crippen LogP contribution in [-0.4, -0.2) is 15.6 Å². The maximum atomic E-state index is 12.5. The molecule has 0 spiro atoms. The van der Waals surface area contributed by atoms with Crippen molar-refractivity contribution in [2.75, 3.05) is 5.32 Å². The molecule has 5 nitrogen and oxygen atoms in total. The average molecular weight is 311 g/mol. The van der Waals surface area contributed by atoms with E-state index in [4.69, 9.17) is 4.52 Å². The lowest BCUT2D eigenvalue weighted by Crippen LogP contribution is -2.13. The molecule has 0 aliphatic heterocycles. The number of nitrogens with one attached hydrogen (secondary N) is 1. The molecule has 5 heteroatoms. The van der Waals surface area contributed by atoms with E-state index in [-0.39, 0.29) is 5.91 Å². The van der Waals surface area contributed by atoms with Gasteiger partial charge >= 0.3 is 0 Å². The minimum atomic E-state index is -0.189. The van der Waals surface area contributed by atoms with E-state index in [9.17, 15) is 4.79 Å². The molecule has 0 aliphatic rings. The monoisotopic (exact) mass is 311 g/mol. The van der Waals surface area contributed by atoms with Crippen LogP contribution in [0.2, 0.25) is 0 Å². The second-order valence-corrected chi connectivity index (χ2v) is 6.25. The molecule has 2 heterocycles. The van der Waals surface area contributed by atoms with E-state index >= 15 is 0 Å². The van der Waals surface area contributed by atoms with Crippen molar-refractivity contribution in [3.05, 3.63) is 47.5 Å². The maximum absolute atomic E-state index is 12.5. The van der Waals surface area contributed by atoms with Crippen LogP contribution in [0.15, 0.2) is 35.0 Å². The molecule has 120 valence electrons. The Kier molecular flexibility index (Phi) is 3.94. The summed E-state index contributed by atoms with van der Waals surface area (Å²) in [5, 5.41) is 7.86. The fraction of sp³-hybridized carbons (Fsp3) is 0.333. The molecule has 23 heavy (non-hydrogen) atoms. The molecule has 1 amide bonds. The van der Waals surface area contributed by atoms with Gasteiger partial charge in [0.25, 0.3) is 5.91 Å². The highest BCUT2D eigenvalue weighted by Gasteiger charge is 2.18. The van der Waals surface area contributed by atoms with Crippen LogP contribution in [-0.2, 0) is 6.54 Å². The van der Waals surface area contributed by atoms with Gasteiger partial charge in [0.2, 0.25) is 0 Å². The number of fused-ring (bicyclic) bond motifs is 1. The number of nitrogens with zero attached hydrogens (tertiary/aromatic N) is 2. The summed E-state index contributed by atoms with van der Waals surface area (Å²) in [6.07, 6.45) is 2.07. The van der Waals surface area contributed by atoms with Crippen molar-refractivity contribution in [2.45, 2.75) is 34.2 Å². The fourth-order valence-electron chi connectivity index (χ4n) is 2.88. The normalized spacial score (nSPS) is 11.3. The summed E-state index contributed by atoms with van der Waals surface area (Å²) >= 11 is 0. The molecule has 1 N–H and O–H groups in total. The SMILES string of the molecule is Cc1noc(C)c1C(=O)Nc1cccc2c1ccn2CC(C)C. The first kappa shape index (κ1) is 15.3. The highest BCUT2D eigenvalue weighted by molar-refractivity contribution is 6.09. The molecule has 0 saturated carbocycles. The summed E-state index contributed by atoms with van der Waals surface area (Å²) in [6, 6.07) is 7.99. The Morgan fingerprint density at radius 2 is 2.09 bits per heavy atom. The average Bonchev–Trinajstić information content (AvgIpc) is 3.03. The molecule has 0 saturated heterocycles. The standard InChI is InChI=1S/C18H21N3O2/c1-11(2)10-21-9-8-14-15(6-5-7-16(14)21)19-18(22)17-12(3)20-23-13(17)4/h5-9,11H,10H2,1-4H3,(H,19,22). The van der Waals surface area contributed by atoms with Crippen LogP contribution in [0.4, 0.5) is 5.69 Å². The minimum absolute atomic E-state index is 0.189. The van der Waals surface area contributed by atoms with E-state index in [1.54, 1.807) is 13.8 Å². The number of amides is 1. The van der Waals surface area contributed by atoms with Crippen LogP contribution in [0.5, 0.6) is 0 Å². The first-order valence-electron chi connectivity index (χ1n) is 7.79. The van der Waals surface area contributed by atoms with Gasteiger partial charge in [0.15, 0.2) is 0 Å². The third-order valence-electron chi connectivity index (χ3n) is 3.88. The first-order chi connectivity index (χ1) is 11.0. The first-order valence-corrected chi connectivity index (χ1v) is 7.79. The van der Waals surface area contributed by atoms with Gasteiger partial charge in [-0.25, -0.2) is 0 Å². The van der Waals surface area contributed by atoms with Crippen molar-refractivity contribution in [1.29, 1.82) is 0 Å². The number of aromatic nitrogens is 2. The second-order valence-electron chi connectivity index (χ2n) is 6.25. The van der Waals surface area contributed by atoms with Gasteiger partial charge in [0.1, 0.15) is 11.3 Å². The Bertz CT molecular complexity index is 839. The molecule has 3 aromatic rings. The Balaban J connectivity index is 1.95. The van der Waals surface area contributed by atoms with E-state index in [1.807, 2.05) is 18.2 Å². The molecule has 2 aromatic heterocycles. The molecular weight excluding hydrogens is 290 g/mol. The highest BCUT2D eigenvalue weighted by Crippen LogP contribution is 2.26. The predicted octanol–water partition coefficient (Wildman–Crippen LogP) is 4.15. The van der Waals surface area contributed by atoms with Gasteiger partial charge in [-0.05, 0) is 38.0 Å². The smallest absolute Gasteiger partial charge is 0.261 e. The Morgan fingerprint density at radius 3 is 2.74 bits per heavy atom. The Hall–Kier alpha value is -2.56. The molecule has 0 radical (unpaired) electrons. The molecule has 1 aromatic carbocycles.